The van der Waals surface area contributed by atoms with Crippen LogP contribution in [0.4, 0.5) is 11.4 Å². The number of carbonyl (C=O) groups is 2. The Hall–Kier alpha value is -3.42. The lowest BCUT2D eigenvalue weighted by Crippen LogP contribution is -2.39. The summed E-state index contributed by atoms with van der Waals surface area (Å²) in [4.78, 5) is 29.8. The molecule has 2 amide bonds. The quantitative estimate of drug-likeness (QED) is 0.283. The molecule has 1 aliphatic rings. The zero-order valence-electron chi connectivity index (χ0n) is 22.0. The molecule has 0 bridgehead atoms. The Balaban J connectivity index is 0.00000195. The number of benzene rings is 3. The minimum Gasteiger partial charge on any atom is -0.494 e. The molecule has 1 heterocycles. The number of para-hydroxylation sites is 1. The maximum atomic E-state index is 13.5. The van der Waals surface area contributed by atoms with Crippen molar-refractivity contribution in [2.45, 2.75) is 46.1 Å². The third-order valence-electron chi connectivity index (χ3n) is 5.88. The van der Waals surface area contributed by atoms with Crippen molar-refractivity contribution >= 4 is 52.1 Å². The van der Waals surface area contributed by atoms with E-state index in [9.17, 15) is 9.59 Å². The van der Waals surface area contributed by atoms with E-state index in [1.54, 1.807) is 12.1 Å². The second-order valence-electron chi connectivity index (χ2n) is 8.50. The molecule has 38 heavy (non-hydrogen) atoms. The maximum absolute atomic E-state index is 13.5. The number of halogens is 1. The smallest absolute Gasteiger partial charge is 0.256 e. The van der Waals surface area contributed by atoms with Crippen LogP contribution in [0.5, 0.6) is 5.75 Å². The first-order valence-corrected chi connectivity index (χ1v) is 13.7. The van der Waals surface area contributed by atoms with Gasteiger partial charge in [-0.25, -0.2) is 0 Å². The van der Waals surface area contributed by atoms with E-state index in [-0.39, 0.29) is 18.2 Å². The van der Waals surface area contributed by atoms with Crippen LogP contribution in [-0.4, -0.2) is 41.0 Å². The molecule has 0 radical (unpaired) electrons. The van der Waals surface area contributed by atoms with Gasteiger partial charge in [-0.2, -0.15) is 0 Å². The average molecular weight is 552 g/mol. The molecule has 1 N–H and O–H groups in total. The molecule has 1 saturated heterocycles. The fourth-order valence-corrected chi connectivity index (χ4v) is 4.58. The lowest BCUT2D eigenvalue weighted by molar-refractivity contribution is -0.124. The van der Waals surface area contributed by atoms with E-state index in [1.807, 2.05) is 92.4 Å². The molecule has 1 aliphatic heterocycles. The molecule has 6 nitrogen and oxygen atoms in total. The fourth-order valence-electron chi connectivity index (χ4n) is 4.04. The van der Waals surface area contributed by atoms with E-state index in [0.29, 0.717) is 41.1 Å². The third kappa shape index (κ3) is 7.55. The first-order chi connectivity index (χ1) is 18.5. The number of nitrogens with zero attached hydrogens (tertiary/aromatic N) is 2. The van der Waals surface area contributed by atoms with Crippen molar-refractivity contribution in [2.24, 2.45) is 0 Å². The summed E-state index contributed by atoms with van der Waals surface area (Å²) in [5.41, 5.74) is 2.40. The highest BCUT2D eigenvalue weighted by molar-refractivity contribution is 7.80. The highest BCUT2D eigenvalue weighted by atomic mass is 35.5. The summed E-state index contributed by atoms with van der Waals surface area (Å²) in [6.07, 6.45) is 1.56. The number of rotatable bonds is 10. The molecule has 0 spiro atoms. The summed E-state index contributed by atoms with van der Waals surface area (Å²) in [7, 11) is 0. The van der Waals surface area contributed by atoms with Crippen LogP contribution < -0.4 is 15.0 Å². The number of ether oxygens (including phenoxy) is 1. The van der Waals surface area contributed by atoms with Crippen LogP contribution in [0.1, 0.15) is 39.2 Å². The van der Waals surface area contributed by atoms with Gasteiger partial charge in [-0.1, -0.05) is 62.7 Å². The predicted octanol–water partition coefficient (Wildman–Crippen LogP) is 6.73. The van der Waals surface area contributed by atoms with Gasteiger partial charge in [0.2, 0.25) is 5.91 Å². The number of carbonyl (C=O) groups excluding carboxylic acids is 2. The molecule has 1 unspecified atom stereocenters. The van der Waals surface area contributed by atoms with Crippen LogP contribution in [0.25, 0.3) is 0 Å². The topological polar surface area (TPSA) is 61.9 Å². The molecular formula is C30H34ClN3O3S. The molecule has 0 aromatic heterocycles. The Morgan fingerprint density at radius 1 is 1.00 bits per heavy atom. The van der Waals surface area contributed by atoms with Gasteiger partial charge in [0.25, 0.3) is 5.91 Å². The molecular weight excluding hydrogens is 518 g/mol. The molecule has 0 saturated carbocycles. The molecule has 0 aliphatic carbocycles. The number of hydrogen-bond donors (Lipinski definition) is 1. The van der Waals surface area contributed by atoms with Crippen molar-refractivity contribution in [1.29, 1.82) is 0 Å². The second kappa shape index (κ2) is 14.5. The zero-order chi connectivity index (χ0) is 27.5. The summed E-state index contributed by atoms with van der Waals surface area (Å²) < 4.78 is 5.60. The van der Waals surface area contributed by atoms with Crippen molar-refractivity contribution in [2.75, 3.05) is 23.4 Å². The van der Waals surface area contributed by atoms with Gasteiger partial charge >= 0.3 is 0 Å². The monoisotopic (exact) mass is 551 g/mol. The number of hydrogen-bond acceptors (Lipinski definition) is 4. The minimum atomic E-state index is -0.697. The first-order valence-electron chi connectivity index (χ1n) is 12.9. The van der Waals surface area contributed by atoms with Crippen molar-refractivity contribution in [3.8, 4) is 5.75 Å². The normalized spacial score (nSPS) is 14.7. The minimum absolute atomic E-state index is 0.0169. The van der Waals surface area contributed by atoms with E-state index in [1.165, 1.54) is 4.90 Å². The van der Waals surface area contributed by atoms with Crippen LogP contribution in [-0.2, 0) is 16.0 Å². The van der Waals surface area contributed by atoms with E-state index < -0.39 is 6.04 Å². The van der Waals surface area contributed by atoms with Crippen LogP contribution in [0.15, 0.2) is 78.9 Å². The zero-order valence-corrected chi connectivity index (χ0v) is 23.6. The van der Waals surface area contributed by atoms with Crippen LogP contribution >= 0.6 is 23.8 Å². The van der Waals surface area contributed by atoms with Crippen LogP contribution in [0, 0.1) is 0 Å². The summed E-state index contributed by atoms with van der Waals surface area (Å²) >= 11 is 11.7. The van der Waals surface area contributed by atoms with Gasteiger partial charge in [-0.3, -0.25) is 14.5 Å². The Morgan fingerprint density at radius 3 is 2.29 bits per heavy atom. The molecule has 3 aromatic carbocycles. The first kappa shape index (κ1) is 29.1. The van der Waals surface area contributed by atoms with Crippen molar-refractivity contribution in [3.63, 3.8) is 0 Å². The predicted molar refractivity (Wildman–Crippen MR) is 159 cm³/mol. The molecule has 3 aromatic rings. The van der Waals surface area contributed by atoms with Gasteiger partial charge in [0.15, 0.2) is 5.11 Å². The molecule has 200 valence electrons. The van der Waals surface area contributed by atoms with E-state index in [2.05, 4.69) is 5.32 Å². The SMILES string of the molecule is CC.CCCOc1ccc(NC(=O)CC2C(=O)N(c3ccccc3)C(=S)N2CCc2ccc(Cl)cc2)cc1. The van der Waals surface area contributed by atoms with Gasteiger partial charge < -0.3 is 15.0 Å². The number of thiocarbonyl (C=S) groups is 1. The van der Waals surface area contributed by atoms with Crippen molar-refractivity contribution in [1.82, 2.24) is 4.90 Å². The van der Waals surface area contributed by atoms with Gasteiger partial charge in [0.1, 0.15) is 11.8 Å². The van der Waals surface area contributed by atoms with Crippen molar-refractivity contribution < 1.29 is 14.3 Å². The average Bonchev–Trinajstić information content (AvgIpc) is 3.17. The summed E-state index contributed by atoms with van der Waals surface area (Å²) in [6, 6.07) is 23.4. The Morgan fingerprint density at radius 2 is 1.66 bits per heavy atom. The van der Waals surface area contributed by atoms with E-state index in [4.69, 9.17) is 28.6 Å². The Bertz CT molecular complexity index is 1200. The molecule has 8 heteroatoms. The summed E-state index contributed by atoms with van der Waals surface area (Å²) in [5, 5.41) is 3.96. The fraction of sp³-hybridized carbons (Fsp3) is 0.300. The number of amides is 2. The molecule has 4 rings (SSSR count). The van der Waals surface area contributed by atoms with Crippen LogP contribution in [0.2, 0.25) is 5.02 Å². The van der Waals surface area contributed by atoms with Gasteiger partial charge in [-0.05, 0) is 79.2 Å². The maximum Gasteiger partial charge on any atom is 0.256 e. The van der Waals surface area contributed by atoms with E-state index in [0.717, 1.165) is 17.7 Å². The largest absolute Gasteiger partial charge is 0.494 e. The Kier molecular flexibility index (Phi) is 11.1. The lowest BCUT2D eigenvalue weighted by atomic mass is 10.1. The lowest BCUT2D eigenvalue weighted by Gasteiger charge is -2.24. The summed E-state index contributed by atoms with van der Waals surface area (Å²) in [5.74, 6) is 0.281. The van der Waals surface area contributed by atoms with E-state index >= 15 is 0 Å². The highest BCUT2D eigenvalue weighted by Gasteiger charge is 2.43. The van der Waals surface area contributed by atoms with Crippen LogP contribution in [0.3, 0.4) is 0 Å². The summed E-state index contributed by atoms with van der Waals surface area (Å²) in [6.45, 7) is 7.18. The second-order valence-corrected chi connectivity index (χ2v) is 9.30. The standard InChI is InChI=1S/C28H28ClN3O3S.C2H6/c1-2-18-35-24-14-12-22(13-15-24)30-26(33)19-25-27(34)32(23-6-4-3-5-7-23)28(36)31(25)17-16-20-8-10-21(29)11-9-20;1-2/h3-15,25H,2,16-19H2,1H3,(H,30,33);1-2H3. The Labute approximate surface area is 235 Å². The molecule has 1 fully saturated rings. The van der Waals surface area contributed by atoms with Crippen molar-refractivity contribution in [3.05, 3.63) is 89.4 Å². The number of anilines is 2. The third-order valence-corrected chi connectivity index (χ3v) is 6.55. The van der Waals surface area contributed by atoms with Gasteiger partial charge in [0, 0.05) is 17.3 Å². The van der Waals surface area contributed by atoms with Gasteiger partial charge in [0.05, 0.1) is 18.7 Å². The molecule has 1 atom stereocenters. The highest BCUT2D eigenvalue weighted by Crippen LogP contribution is 2.28. The van der Waals surface area contributed by atoms with Gasteiger partial charge in [-0.15, -0.1) is 0 Å². The number of nitrogens with one attached hydrogen (secondary N) is 1.